The molecule has 2 heterocycles. The van der Waals surface area contributed by atoms with Gasteiger partial charge in [-0.1, -0.05) is 6.07 Å². The number of nitrogens with one attached hydrogen (secondary N) is 1. The molecule has 0 amide bonds. The number of hydrogen-bond donors (Lipinski definition) is 1. The van der Waals surface area contributed by atoms with Gasteiger partial charge in [0.1, 0.15) is 0 Å². The first-order valence-corrected chi connectivity index (χ1v) is 6.09. The summed E-state index contributed by atoms with van der Waals surface area (Å²) in [5.41, 5.74) is 3.48. The summed E-state index contributed by atoms with van der Waals surface area (Å²) in [6.07, 6.45) is 3.61. The van der Waals surface area contributed by atoms with Crippen LogP contribution in [0.15, 0.2) is 42.7 Å². The lowest BCUT2D eigenvalue weighted by Gasteiger charge is -2.00. The highest BCUT2D eigenvalue weighted by Gasteiger charge is 2.01. The minimum absolute atomic E-state index is 0.821. The summed E-state index contributed by atoms with van der Waals surface area (Å²) in [6, 6.07) is 10.3. The largest absolute Gasteiger partial charge is 0.337 e. The zero-order chi connectivity index (χ0) is 11.0. The van der Waals surface area contributed by atoms with Crippen LogP contribution in [0.1, 0.15) is 0 Å². The summed E-state index contributed by atoms with van der Waals surface area (Å²) in [4.78, 5) is 7.18. The van der Waals surface area contributed by atoms with E-state index in [1.54, 1.807) is 23.7 Å². The fourth-order valence-electron chi connectivity index (χ4n) is 1.67. The maximum Gasteiger partial charge on any atom is 0.159 e. The Balaban J connectivity index is 2.22. The molecule has 0 aliphatic heterocycles. The van der Waals surface area contributed by atoms with Crippen molar-refractivity contribution in [3.63, 3.8) is 0 Å². The van der Waals surface area contributed by atoms with Crippen LogP contribution in [0.5, 0.6) is 0 Å². The lowest BCUT2D eigenvalue weighted by Crippen LogP contribution is -1.77. The van der Waals surface area contributed by atoms with Crippen molar-refractivity contribution < 1.29 is 0 Å². The molecule has 0 atom stereocenters. The molecular weight excluding hydrogens is 236 g/mol. The normalized spacial score (nSPS) is 10.8. The number of thiazole rings is 1. The maximum absolute atomic E-state index is 5.13. The number of nitrogens with zero attached hydrogens (tertiary/aromatic N) is 1. The van der Waals surface area contributed by atoms with E-state index in [0.29, 0.717) is 0 Å². The molecule has 4 heteroatoms. The summed E-state index contributed by atoms with van der Waals surface area (Å²) in [6.45, 7) is 0. The SMILES string of the molecule is S=c1[nH]c2ccc(-c3ccncc3)cc2s1. The Kier molecular flexibility index (Phi) is 2.31. The van der Waals surface area contributed by atoms with Crippen molar-refractivity contribution >= 4 is 33.8 Å². The Morgan fingerprint density at radius 2 is 1.88 bits per heavy atom. The number of aromatic nitrogens is 2. The van der Waals surface area contributed by atoms with E-state index in [9.17, 15) is 0 Å². The fourth-order valence-corrected chi connectivity index (χ4v) is 2.82. The molecule has 1 N–H and O–H groups in total. The van der Waals surface area contributed by atoms with Crippen LogP contribution in [0.25, 0.3) is 21.3 Å². The molecule has 0 aliphatic rings. The van der Waals surface area contributed by atoms with Crippen molar-refractivity contribution in [1.82, 2.24) is 9.97 Å². The second-order valence-electron chi connectivity index (χ2n) is 3.46. The van der Waals surface area contributed by atoms with Crippen LogP contribution in [0, 0.1) is 3.95 Å². The molecule has 78 valence electrons. The van der Waals surface area contributed by atoms with E-state index in [4.69, 9.17) is 12.2 Å². The van der Waals surface area contributed by atoms with E-state index in [-0.39, 0.29) is 0 Å². The topological polar surface area (TPSA) is 28.7 Å². The van der Waals surface area contributed by atoms with Crippen molar-refractivity contribution in [2.24, 2.45) is 0 Å². The van der Waals surface area contributed by atoms with Gasteiger partial charge in [-0.25, -0.2) is 0 Å². The molecule has 0 spiro atoms. The number of benzene rings is 1. The third-order valence-electron chi connectivity index (χ3n) is 2.43. The molecule has 0 aliphatic carbocycles. The first-order valence-electron chi connectivity index (χ1n) is 4.86. The van der Waals surface area contributed by atoms with Gasteiger partial charge in [-0.05, 0) is 47.6 Å². The van der Waals surface area contributed by atoms with Gasteiger partial charge in [-0.3, -0.25) is 4.98 Å². The lowest BCUT2D eigenvalue weighted by molar-refractivity contribution is 1.33. The molecule has 0 radical (unpaired) electrons. The lowest BCUT2D eigenvalue weighted by atomic mass is 10.1. The molecule has 3 rings (SSSR count). The van der Waals surface area contributed by atoms with E-state index < -0.39 is 0 Å². The molecule has 0 unspecified atom stereocenters. The number of hydrogen-bond acceptors (Lipinski definition) is 3. The molecule has 0 saturated heterocycles. The fraction of sp³-hybridized carbons (Fsp3) is 0. The van der Waals surface area contributed by atoms with Crippen LogP contribution >= 0.6 is 23.6 Å². The summed E-state index contributed by atoms with van der Waals surface area (Å²) in [7, 11) is 0. The van der Waals surface area contributed by atoms with Crippen LogP contribution < -0.4 is 0 Å². The molecule has 0 bridgehead atoms. The minimum Gasteiger partial charge on any atom is -0.337 e. The van der Waals surface area contributed by atoms with Gasteiger partial charge in [0.05, 0.1) is 10.2 Å². The molecule has 2 nitrogen and oxygen atoms in total. The Labute approximate surface area is 102 Å². The van der Waals surface area contributed by atoms with E-state index in [1.807, 2.05) is 12.1 Å². The molecule has 3 aromatic rings. The van der Waals surface area contributed by atoms with Crippen LogP contribution in [0.4, 0.5) is 0 Å². The number of rotatable bonds is 1. The highest BCUT2D eigenvalue weighted by molar-refractivity contribution is 7.73. The average molecular weight is 244 g/mol. The number of pyridine rings is 1. The predicted octanol–water partition coefficient (Wildman–Crippen LogP) is 4.02. The summed E-state index contributed by atoms with van der Waals surface area (Å²) in [5, 5.41) is 0. The third kappa shape index (κ3) is 1.66. The van der Waals surface area contributed by atoms with Gasteiger partial charge in [0.15, 0.2) is 3.95 Å². The van der Waals surface area contributed by atoms with Crippen molar-refractivity contribution in [3.05, 3.63) is 46.7 Å². The first kappa shape index (κ1) is 9.69. The molecule has 16 heavy (non-hydrogen) atoms. The Morgan fingerprint density at radius 3 is 2.69 bits per heavy atom. The van der Waals surface area contributed by atoms with Crippen molar-refractivity contribution in [2.75, 3.05) is 0 Å². The molecule has 1 aromatic carbocycles. The van der Waals surface area contributed by atoms with Crippen LogP contribution in [-0.4, -0.2) is 9.97 Å². The van der Waals surface area contributed by atoms with Gasteiger partial charge in [-0.2, -0.15) is 0 Å². The smallest absolute Gasteiger partial charge is 0.159 e. The van der Waals surface area contributed by atoms with Crippen LogP contribution in [0.3, 0.4) is 0 Å². The van der Waals surface area contributed by atoms with Gasteiger partial charge in [0.2, 0.25) is 0 Å². The zero-order valence-electron chi connectivity index (χ0n) is 8.31. The van der Waals surface area contributed by atoms with Crippen molar-refractivity contribution in [1.29, 1.82) is 0 Å². The van der Waals surface area contributed by atoms with Gasteiger partial charge in [0, 0.05) is 12.4 Å². The minimum atomic E-state index is 0.821. The predicted molar refractivity (Wildman–Crippen MR) is 70.2 cm³/mol. The molecule has 2 aromatic heterocycles. The van der Waals surface area contributed by atoms with Crippen molar-refractivity contribution in [3.8, 4) is 11.1 Å². The monoisotopic (exact) mass is 244 g/mol. The molecule has 0 saturated carbocycles. The molecular formula is C12H8N2S2. The second-order valence-corrected chi connectivity index (χ2v) is 5.18. The first-order chi connectivity index (χ1) is 7.83. The van der Waals surface area contributed by atoms with Gasteiger partial charge in [0.25, 0.3) is 0 Å². The average Bonchev–Trinajstić information content (AvgIpc) is 2.69. The highest BCUT2D eigenvalue weighted by atomic mass is 32.1. The zero-order valence-corrected chi connectivity index (χ0v) is 9.94. The Hall–Kier alpha value is -1.52. The van der Waals surface area contributed by atoms with E-state index >= 15 is 0 Å². The number of fused-ring (bicyclic) bond motifs is 1. The second kappa shape index (κ2) is 3.81. The van der Waals surface area contributed by atoms with E-state index in [2.05, 4.69) is 28.2 Å². The van der Waals surface area contributed by atoms with Gasteiger partial charge in [-0.15, -0.1) is 11.3 Å². The third-order valence-corrected chi connectivity index (χ3v) is 3.63. The van der Waals surface area contributed by atoms with E-state index in [0.717, 1.165) is 9.47 Å². The standard InChI is InChI=1S/C12H8N2S2/c15-12-14-10-2-1-9(7-11(10)16-12)8-3-5-13-6-4-8/h1-7H,(H,14,15). The Bertz CT molecular complexity index is 683. The number of H-pyrrole nitrogens is 1. The molecule has 0 fully saturated rings. The maximum atomic E-state index is 5.13. The highest BCUT2D eigenvalue weighted by Crippen LogP contribution is 2.26. The summed E-state index contributed by atoms with van der Waals surface area (Å²) < 4.78 is 2.01. The van der Waals surface area contributed by atoms with Gasteiger partial charge >= 0.3 is 0 Å². The summed E-state index contributed by atoms with van der Waals surface area (Å²) >= 11 is 6.73. The van der Waals surface area contributed by atoms with Crippen LogP contribution in [0.2, 0.25) is 0 Å². The quantitative estimate of drug-likeness (QED) is 0.655. The Morgan fingerprint density at radius 1 is 1.06 bits per heavy atom. The summed E-state index contributed by atoms with van der Waals surface area (Å²) in [5.74, 6) is 0. The van der Waals surface area contributed by atoms with E-state index in [1.165, 1.54) is 15.8 Å². The van der Waals surface area contributed by atoms with Crippen LogP contribution in [-0.2, 0) is 0 Å². The number of aromatic amines is 1. The van der Waals surface area contributed by atoms with Gasteiger partial charge < -0.3 is 4.98 Å². The van der Waals surface area contributed by atoms with Crippen molar-refractivity contribution in [2.45, 2.75) is 0 Å².